The van der Waals surface area contributed by atoms with Crippen molar-refractivity contribution in [1.29, 1.82) is 5.41 Å². The number of hydrogen-bond acceptors (Lipinski definition) is 5. The van der Waals surface area contributed by atoms with Crippen molar-refractivity contribution in [3.05, 3.63) is 108 Å². The third-order valence-corrected chi connectivity index (χ3v) is 11.8. The lowest BCUT2D eigenvalue weighted by atomic mass is 9.98. The molecule has 1 unspecified atom stereocenters. The lowest BCUT2D eigenvalue weighted by Gasteiger charge is -2.37. The first-order valence-electron chi connectivity index (χ1n) is 19.1. The Kier molecular flexibility index (Phi) is 11.2. The number of likely N-dealkylation sites (tertiary alicyclic amines) is 1. The Labute approximate surface area is 294 Å². The highest BCUT2D eigenvalue weighted by Gasteiger charge is 2.41. The Morgan fingerprint density at radius 1 is 0.673 bits per heavy atom. The van der Waals surface area contributed by atoms with Crippen LogP contribution in [-0.4, -0.2) is 95.0 Å². The van der Waals surface area contributed by atoms with Gasteiger partial charge in [-0.3, -0.25) is 15.3 Å². The molecule has 49 heavy (non-hydrogen) atoms. The summed E-state index contributed by atoms with van der Waals surface area (Å²) in [4.78, 5) is 14.8. The van der Waals surface area contributed by atoms with Gasteiger partial charge >= 0.3 is 0 Å². The first-order chi connectivity index (χ1) is 24.1. The summed E-state index contributed by atoms with van der Waals surface area (Å²) in [5.74, 6) is 2.14. The normalized spacial score (nSPS) is 24.4. The molecule has 3 fully saturated rings. The van der Waals surface area contributed by atoms with Gasteiger partial charge < -0.3 is 20.4 Å². The molecule has 4 atom stereocenters. The number of aliphatic imine (C=N–C) groups is 1. The monoisotopic (exact) mass is 659 g/mol. The second-order valence-electron chi connectivity index (χ2n) is 15.2. The Balaban J connectivity index is 1.10. The highest BCUT2D eigenvalue weighted by atomic mass is 15.5. The second-order valence-corrected chi connectivity index (χ2v) is 15.2. The molecule has 3 heterocycles. The topological polar surface area (TPSA) is 75.2 Å². The molecule has 2 saturated heterocycles. The molecule has 3 aromatic rings. The third-order valence-electron chi connectivity index (χ3n) is 11.8. The summed E-state index contributed by atoms with van der Waals surface area (Å²) in [5.41, 5.74) is 10.6. The molecule has 3 aromatic carbocycles. The largest absolute Gasteiger partial charge is 0.370 e. The van der Waals surface area contributed by atoms with E-state index < -0.39 is 0 Å². The molecule has 0 bridgehead atoms. The lowest BCUT2D eigenvalue weighted by Crippen LogP contribution is -2.52. The minimum absolute atomic E-state index is 0.234. The van der Waals surface area contributed by atoms with E-state index in [9.17, 15) is 5.41 Å². The Morgan fingerprint density at radius 2 is 1.29 bits per heavy atom. The summed E-state index contributed by atoms with van der Waals surface area (Å²) in [6.07, 6.45) is 13.3. The van der Waals surface area contributed by atoms with E-state index in [4.69, 9.17) is 10.7 Å². The summed E-state index contributed by atoms with van der Waals surface area (Å²) < 4.78 is 0. The van der Waals surface area contributed by atoms with Gasteiger partial charge in [0.2, 0.25) is 0 Å². The number of nitrogens with one attached hydrogen (secondary N) is 1. The summed E-state index contributed by atoms with van der Waals surface area (Å²) >= 11 is 0. The van der Waals surface area contributed by atoms with Crippen molar-refractivity contribution in [1.82, 2.24) is 19.6 Å². The van der Waals surface area contributed by atoms with Crippen LogP contribution >= 0.6 is 0 Å². The number of benzene rings is 3. The quantitative estimate of drug-likeness (QED) is 0.207. The zero-order valence-electron chi connectivity index (χ0n) is 29.4. The standard InChI is InChI=1S/C42H57N7/c43-41-45-28-38(25-33-15-8-3-9-16-33)47(41)31-37-23-14-24-46(37)30-39(26-34-17-10-4-11-18-34)49-32-40(27-35-19-12-5-13-20-35)48(42(49)44)29-36-21-6-1-2-7-22-36/h3-5,8-13,15-20,36-40,44H,1-2,6-7,14,21-32H2,(H2,43,45)/t37?,38-,39-,40-/m0/s1. The molecule has 0 amide bonds. The van der Waals surface area contributed by atoms with Gasteiger partial charge in [0, 0.05) is 38.3 Å². The van der Waals surface area contributed by atoms with E-state index in [0.29, 0.717) is 30.0 Å². The molecule has 0 spiro atoms. The van der Waals surface area contributed by atoms with Crippen molar-refractivity contribution in [2.75, 3.05) is 39.3 Å². The van der Waals surface area contributed by atoms with E-state index in [2.05, 4.69) is 111 Å². The van der Waals surface area contributed by atoms with Gasteiger partial charge in [-0.25, -0.2) is 0 Å². The molecule has 7 heteroatoms. The molecule has 3 N–H and O–H groups in total. The molecular formula is C42H57N7. The predicted octanol–water partition coefficient (Wildman–Crippen LogP) is 6.44. The fraction of sp³-hybridized carbons (Fsp3) is 0.524. The van der Waals surface area contributed by atoms with E-state index in [1.54, 1.807) is 0 Å². The average Bonchev–Trinajstić information content (AvgIpc) is 3.72. The van der Waals surface area contributed by atoms with Gasteiger partial charge in [0.15, 0.2) is 11.9 Å². The molecule has 0 aromatic heterocycles. The van der Waals surface area contributed by atoms with Crippen molar-refractivity contribution >= 4 is 11.9 Å². The van der Waals surface area contributed by atoms with Crippen LogP contribution < -0.4 is 5.73 Å². The number of hydrogen-bond donors (Lipinski definition) is 2. The molecule has 3 aliphatic heterocycles. The van der Waals surface area contributed by atoms with E-state index in [1.807, 2.05) is 0 Å². The number of guanidine groups is 2. The van der Waals surface area contributed by atoms with Crippen molar-refractivity contribution in [3.8, 4) is 0 Å². The first kappa shape index (κ1) is 33.6. The summed E-state index contributed by atoms with van der Waals surface area (Å²) in [7, 11) is 0. The van der Waals surface area contributed by atoms with Gasteiger partial charge in [0.25, 0.3) is 0 Å². The Bertz CT molecular complexity index is 1490. The van der Waals surface area contributed by atoms with Crippen molar-refractivity contribution < 1.29 is 0 Å². The zero-order chi connectivity index (χ0) is 33.4. The van der Waals surface area contributed by atoms with Gasteiger partial charge in [0.05, 0.1) is 18.6 Å². The van der Waals surface area contributed by atoms with Crippen LogP contribution in [0.1, 0.15) is 68.1 Å². The Hall–Kier alpha value is -3.84. The minimum Gasteiger partial charge on any atom is -0.370 e. The predicted molar refractivity (Wildman–Crippen MR) is 202 cm³/mol. The van der Waals surface area contributed by atoms with Crippen LogP contribution in [0.15, 0.2) is 96.0 Å². The smallest absolute Gasteiger partial charge is 0.194 e. The fourth-order valence-corrected chi connectivity index (χ4v) is 9.07. The van der Waals surface area contributed by atoms with Crippen LogP contribution in [-0.2, 0) is 19.3 Å². The van der Waals surface area contributed by atoms with E-state index in [0.717, 1.165) is 64.5 Å². The lowest BCUT2D eigenvalue weighted by molar-refractivity contribution is 0.157. The number of nitrogens with two attached hydrogens (primary N) is 1. The van der Waals surface area contributed by atoms with Crippen LogP contribution in [0.25, 0.3) is 0 Å². The maximum Gasteiger partial charge on any atom is 0.194 e. The van der Waals surface area contributed by atoms with Crippen molar-refractivity contribution in [2.45, 2.75) is 94.8 Å². The van der Waals surface area contributed by atoms with E-state index in [-0.39, 0.29) is 6.04 Å². The molecular weight excluding hydrogens is 603 g/mol. The van der Waals surface area contributed by atoms with Gasteiger partial charge in [-0.15, -0.1) is 0 Å². The molecule has 4 aliphatic rings. The number of nitrogens with zero attached hydrogens (tertiary/aromatic N) is 5. The van der Waals surface area contributed by atoms with Gasteiger partial charge in [-0.05, 0) is 74.1 Å². The molecule has 1 saturated carbocycles. The van der Waals surface area contributed by atoms with Gasteiger partial charge in [0.1, 0.15) is 0 Å². The van der Waals surface area contributed by atoms with Crippen LogP contribution in [0.5, 0.6) is 0 Å². The van der Waals surface area contributed by atoms with Crippen molar-refractivity contribution in [2.24, 2.45) is 16.6 Å². The van der Waals surface area contributed by atoms with Gasteiger partial charge in [-0.1, -0.05) is 117 Å². The second kappa shape index (κ2) is 16.2. The molecule has 7 rings (SSSR count). The summed E-state index contributed by atoms with van der Waals surface area (Å²) in [6.45, 7) is 5.70. The number of rotatable bonds is 13. The maximum atomic E-state index is 9.79. The first-order valence-corrected chi connectivity index (χ1v) is 19.1. The van der Waals surface area contributed by atoms with E-state index >= 15 is 0 Å². The zero-order valence-corrected chi connectivity index (χ0v) is 29.4. The highest BCUT2D eigenvalue weighted by Crippen LogP contribution is 2.31. The maximum absolute atomic E-state index is 9.79. The highest BCUT2D eigenvalue weighted by molar-refractivity contribution is 5.80. The molecule has 1 aliphatic carbocycles. The SMILES string of the molecule is N=C1N(CC2CCCCCC2)[C@@H](Cc2ccccc2)CN1[C@@H](Cc1ccccc1)CN1CCCC1CN1C(N)=NC[C@@H]1Cc1ccccc1. The molecule has 0 radical (unpaired) electrons. The fourth-order valence-electron chi connectivity index (χ4n) is 9.07. The van der Waals surface area contributed by atoms with Crippen LogP contribution in [0.4, 0.5) is 0 Å². The minimum atomic E-state index is 0.234. The third kappa shape index (κ3) is 8.49. The van der Waals surface area contributed by atoms with Crippen LogP contribution in [0.2, 0.25) is 0 Å². The summed E-state index contributed by atoms with van der Waals surface area (Å²) in [5, 5.41) is 9.79. The van der Waals surface area contributed by atoms with Crippen LogP contribution in [0, 0.1) is 11.3 Å². The molecule has 7 nitrogen and oxygen atoms in total. The molecule has 260 valence electrons. The van der Waals surface area contributed by atoms with Gasteiger partial charge in [-0.2, -0.15) is 0 Å². The van der Waals surface area contributed by atoms with Crippen molar-refractivity contribution in [3.63, 3.8) is 0 Å². The Morgan fingerprint density at radius 3 is 1.94 bits per heavy atom. The van der Waals surface area contributed by atoms with E-state index in [1.165, 1.54) is 68.1 Å². The summed E-state index contributed by atoms with van der Waals surface area (Å²) in [6, 6.07) is 34.1. The average molecular weight is 660 g/mol. The van der Waals surface area contributed by atoms with Crippen LogP contribution in [0.3, 0.4) is 0 Å².